The minimum Gasteiger partial charge on any atom is -0.480 e. The summed E-state index contributed by atoms with van der Waals surface area (Å²) in [4.78, 5) is 40.1. The standard InChI is InChI=1S/C22H22N4O5/c27-20(14-24(15-21(28)29)16-7-3-1-4-8-16)25(17-11-12-17)13-19-22(30)31-23-26(19)18-9-5-2-6-10-18/h1-10,17H,11-15H2,(H-,23,28,29,30)/p+1. The Labute approximate surface area is 178 Å². The van der Waals surface area contributed by atoms with E-state index in [0.717, 1.165) is 12.8 Å². The number of nitrogens with one attached hydrogen (secondary N) is 1. The normalized spacial score (nSPS) is 13.0. The Morgan fingerprint density at radius 1 is 1.03 bits per heavy atom. The number of hydrogen-bond donors (Lipinski definition) is 2. The molecule has 160 valence electrons. The number of aliphatic carboxylic acids is 1. The molecule has 1 heterocycles. The van der Waals surface area contributed by atoms with Crippen LogP contribution in [-0.2, 0) is 16.1 Å². The zero-order valence-corrected chi connectivity index (χ0v) is 16.8. The highest BCUT2D eigenvalue weighted by atomic mass is 16.5. The Balaban J connectivity index is 1.57. The Kier molecular flexibility index (Phi) is 5.83. The third-order valence-electron chi connectivity index (χ3n) is 5.15. The predicted molar refractivity (Wildman–Crippen MR) is 111 cm³/mol. The van der Waals surface area contributed by atoms with Crippen LogP contribution in [0.1, 0.15) is 18.5 Å². The number of benzene rings is 2. The molecule has 1 aromatic heterocycles. The van der Waals surface area contributed by atoms with Gasteiger partial charge in [-0.15, -0.1) is 0 Å². The van der Waals surface area contributed by atoms with Crippen LogP contribution in [0.4, 0.5) is 5.69 Å². The molecule has 9 nitrogen and oxygen atoms in total. The van der Waals surface area contributed by atoms with Crippen molar-refractivity contribution in [3.05, 3.63) is 76.8 Å². The van der Waals surface area contributed by atoms with Crippen molar-refractivity contribution in [1.82, 2.24) is 10.2 Å². The van der Waals surface area contributed by atoms with E-state index in [1.807, 2.05) is 36.4 Å². The van der Waals surface area contributed by atoms with Gasteiger partial charge in [-0.3, -0.25) is 14.1 Å². The topological polar surface area (TPSA) is 111 Å². The summed E-state index contributed by atoms with van der Waals surface area (Å²) in [6.07, 6.45) is 1.69. The summed E-state index contributed by atoms with van der Waals surface area (Å²) in [5, 5.41) is 11.9. The number of anilines is 1. The summed E-state index contributed by atoms with van der Waals surface area (Å²) in [6.45, 7) is -0.335. The van der Waals surface area contributed by atoms with Crippen LogP contribution < -0.4 is 15.2 Å². The van der Waals surface area contributed by atoms with E-state index in [1.54, 1.807) is 29.2 Å². The Morgan fingerprint density at radius 2 is 1.68 bits per heavy atom. The van der Waals surface area contributed by atoms with Gasteiger partial charge >= 0.3 is 17.3 Å². The number of aromatic amines is 1. The van der Waals surface area contributed by atoms with Gasteiger partial charge in [-0.25, -0.2) is 4.79 Å². The maximum absolute atomic E-state index is 13.2. The van der Waals surface area contributed by atoms with Crippen LogP contribution in [0.5, 0.6) is 0 Å². The smallest absolute Gasteiger partial charge is 0.432 e. The molecule has 31 heavy (non-hydrogen) atoms. The van der Waals surface area contributed by atoms with E-state index in [2.05, 4.69) is 5.27 Å². The number of carbonyl (C=O) groups is 2. The highest BCUT2D eigenvalue weighted by Gasteiger charge is 2.37. The molecule has 0 bridgehead atoms. The van der Waals surface area contributed by atoms with Crippen molar-refractivity contribution in [2.75, 3.05) is 18.0 Å². The summed E-state index contributed by atoms with van der Waals surface area (Å²) >= 11 is 0. The lowest BCUT2D eigenvalue weighted by Crippen LogP contribution is -2.47. The van der Waals surface area contributed by atoms with Crippen molar-refractivity contribution in [1.29, 1.82) is 0 Å². The molecule has 3 aromatic rings. The first kappa shape index (κ1) is 20.4. The first-order valence-corrected chi connectivity index (χ1v) is 10.0. The van der Waals surface area contributed by atoms with Gasteiger partial charge in [-0.05, 0) is 34.9 Å². The van der Waals surface area contributed by atoms with Crippen LogP contribution in [-0.4, -0.2) is 46.3 Å². The average Bonchev–Trinajstić information content (AvgIpc) is 3.55. The molecule has 0 spiro atoms. The van der Waals surface area contributed by atoms with E-state index < -0.39 is 11.6 Å². The number of para-hydroxylation sites is 2. The molecule has 0 saturated heterocycles. The number of nitrogens with zero attached hydrogens (tertiary/aromatic N) is 3. The number of carboxylic acids is 1. The van der Waals surface area contributed by atoms with E-state index in [0.29, 0.717) is 17.1 Å². The summed E-state index contributed by atoms with van der Waals surface area (Å²) in [5.41, 5.74) is 1.11. The second-order valence-electron chi connectivity index (χ2n) is 7.44. The van der Waals surface area contributed by atoms with E-state index in [1.165, 1.54) is 9.58 Å². The molecular formula is C22H23N4O5+. The van der Waals surface area contributed by atoms with Crippen molar-refractivity contribution in [2.45, 2.75) is 25.4 Å². The van der Waals surface area contributed by atoms with E-state index in [-0.39, 0.29) is 31.6 Å². The predicted octanol–water partition coefficient (Wildman–Crippen LogP) is 1.33. The third kappa shape index (κ3) is 4.82. The third-order valence-corrected chi connectivity index (χ3v) is 5.15. The molecule has 0 radical (unpaired) electrons. The number of H-pyrrole nitrogens is 1. The second kappa shape index (κ2) is 8.86. The molecule has 0 unspecified atom stereocenters. The number of aromatic nitrogens is 2. The summed E-state index contributed by atoms with van der Waals surface area (Å²) in [5.74, 6) is -1.27. The lowest BCUT2D eigenvalue weighted by atomic mass is 10.2. The first-order chi connectivity index (χ1) is 15.0. The number of amides is 1. The molecule has 0 aliphatic heterocycles. The molecule has 9 heteroatoms. The van der Waals surface area contributed by atoms with Gasteiger partial charge in [0.05, 0.1) is 6.54 Å². The average molecular weight is 423 g/mol. The van der Waals surface area contributed by atoms with Crippen LogP contribution in [0.15, 0.2) is 70.0 Å². The van der Waals surface area contributed by atoms with Gasteiger partial charge in [0, 0.05) is 23.9 Å². The van der Waals surface area contributed by atoms with Crippen molar-refractivity contribution < 1.29 is 23.9 Å². The molecule has 2 aromatic carbocycles. The minimum absolute atomic E-state index is 0.0217. The summed E-state index contributed by atoms with van der Waals surface area (Å²) in [6, 6.07) is 18.1. The van der Waals surface area contributed by atoms with Gasteiger partial charge in [0.1, 0.15) is 13.1 Å². The maximum Gasteiger partial charge on any atom is 0.432 e. The molecule has 2 N–H and O–H groups in total. The van der Waals surface area contributed by atoms with Gasteiger partial charge in [0.15, 0.2) is 0 Å². The largest absolute Gasteiger partial charge is 0.480 e. The lowest BCUT2D eigenvalue weighted by Gasteiger charge is -2.27. The van der Waals surface area contributed by atoms with Gasteiger partial charge in [-0.2, -0.15) is 0 Å². The molecule has 1 saturated carbocycles. The molecule has 1 aliphatic carbocycles. The molecule has 1 amide bonds. The fraction of sp³-hybridized carbons (Fsp3) is 0.273. The van der Waals surface area contributed by atoms with Crippen molar-refractivity contribution in [3.63, 3.8) is 0 Å². The van der Waals surface area contributed by atoms with E-state index in [4.69, 9.17) is 4.52 Å². The number of rotatable bonds is 9. The fourth-order valence-corrected chi connectivity index (χ4v) is 3.48. The SMILES string of the molecule is O=C(O)CN(CC(=O)N(Cc1c(=O)o[nH][n+]1-c1ccccc1)C1CC1)c1ccccc1. The van der Waals surface area contributed by atoms with Gasteiger partial charge in [0.2, 0.25) is 11.6 Å². The molecule has 1 fully saturated rings. The van der Waals surface area contributed by atoms with Crippen molar-refractivity contribution in [2.24, 2.45) is 0 Å². The highest BCUT2D eigenvalue weighted by Crippen LogP contribution is 2.28. The van der Waals surface area contributed by atoms with Crippen molar-refractivity contribution >= 4 is 17.6 Å². The van der Waals surface area contributed by atoms with Gasteiger partial charge < -0.3 is 14.9 Å². The maximum atomic E-state index is 13.2. The Hall–Kier alpha value is -3.88. The molecule has 1 aliphatic rings. The lowest BCUT2D eigenvalue weighted by molar-refractivity contribution is -0.678. The van der Waals surface area contributed by atoms with E-state index in [9.17, 15) is 19.5 Å². The van der Waals surface area contributed by atoms with Gasteiger partial charge in [-0.1, -0.05) is 36.4 Å². The molecule has 4 rings (SSSR count). The second-order valence-corrected chi connectivity index (χ2v) is 7.44. The monoisotopic (exact) mass is 423 g/mol. The first-order valence-electron chi connectivity index (χ1n) is 10.0. The fourth-order valence-electron chi connectivity index (χ4n) is 3.48. The number of carbonyl (C=O) groups excluding carboxylic acids is 1. The summed E-state index contributed by atoms with van der Waals surface area (Å²) in [7, 11) is 0. The highest BCUT2D eigenvalue weighted by molar-refractivity contribution is 5.84. The zero-order chi connectivity index (χ0) is 21.8. The van der Waals surface area contributed by atoms with Crippen LogP contribution in [0, 0.1) is 0 Å². The van der Waals surface area contributed by atoms with Crippen molar-refractivity contribution in [3.8, 4) is 5.69 Å². The molecule has 0 atom stereocenters. The minimum atomic E-state index is -1.03. The quantitative estimate of drug-likeness (QED) is 0.503. The van der Waals surface area contributed by atoms with Crippen LogP contribution in [0.3, 0.4) is 0 Å². The Morgan fingerprint density at radius 3 is 2.29 bits per heavy atom. The van der Waals surface area contributed by atoms with Crippen LogP contribution in [0.25, 0.3) is 5.69 Å². The number of hydrogen-bond acceptors (Lipinski definition) is 5. The number of carboxylic acid groups (broad SMARTS) is 1. The van der Waals surface area contributed by atoms with Crippen LogP contribution >= 0.6 is 0 Å². The molecular weight excluding hydrogens is 400 g/mol. The van der Waals surface area contributed by atoms with Gasteiger partial charge in [0.25, 0.3) is 0 Å². The Bertz CT molecular complexity index is 1110. The van der Waals surface area contributed by atoms with Crippen LogP contribution in [0.2, 0.25) is 0 Å². The zero-order valence-electron chi connectivity index (χ0n) is 16.8. The van der Waals surface area contributed by atoms with E-state index >= 15 is 0 Å². The summed E-state index contributed by atoms with van der Waals surface area (Å²) < 4.78 is 6.52.